The van der Waals surface area contributed by atoms with Crippen molar-refractivity contribution in [3.63, 3.8) is 0 Å². The van der Waals surface area contributed by atoms with Gasteiger partial charge in [0.25, 0.3) is 0 Å². The summed E-state index contributed by atoms with van der Waals surface area (Å²) in [7, 11) is 1.68. The zero-order chi connectivity index (χ0) is 14.1. The second-order valence-corrected chi connectivity index (χ2v) is 5.32. The highest BCUT2D eigenvalue weighted by atomic mass is 16.5. The van der Waals surface area contributed by atoms with Crippen LogP contribution in [-0.2, 0) is 14.3 Å². The molecule has 0 aliphatic carbocycles. The molecule has 0 radical (unpaired) electrons. The van der Waals surface area contributed by atoms with E-state index in [0.29, 0.717) is 19.8 Å². The number of carboxylic acid groups (broad SMARTS) is 1. The molecule has 1 aliphatic heterocycles. The van der Waals surface area contributed by atoms with E-state index < -0.39 is 11.4 Å². The fraction of sp³-hybridized carbons (Fsp3) is 0.929. The van der Waals surface area contributed by atoms with Crippen molar-refractivity contribution in [1.29, 1.82) is 0 Å². The molecule has 1 atom stereocenters. The molecule has 1 heterocycles. The second kappa shape index (κ2) is 8.51. The molecule has 5 nitrogen and oxygen atoms in total. The van der Waals surface area contributed by atoms with Crippen LogP contribution in [0.15, 0.2) is 0 Å². The minimum absolute atomic E-state index is 0.523. The van der Waals surface area contributed by atoms with Crippen LogP contribution >= 0.6 is 0 Å². The number of hydrogen-bond donors (Lipinski definition) is 1. The fourth-order valence-corrected chi connectivity index (χ4v) is 2.71. The van der Waals surface area contributed by atoms with Crippen LogP contribution in [0.3, 0.4) is 0 Å². The van der Waals surface area contributed by atoms with Gasteiger partial charge in [-0.2, -0.15) is 0 Å². The van der Waals surface area contributed by atoms with Gasteiger partial charge in [-0.05, 0) is 25.8 Å². The Morgan fingerprint density at radius 3 is 2.79 bits per heavy atom. The van der Waals surface area contributed by atoms with Crippen molar-refractivity contribution in [3.05, 3.63) is 0 Å². The van der Waals surface area contributed by atoms with Gasteiger partial charge in [0.2, 0.25) is 0 Å². The third-order valence-electron chi connectivity index (χ3n) is 3.80. The number of nitrogens with zero attached hydrogens (tertiary/aromatic N) is 1. The van der Waals surface area contributed by atoms with Gasteiger partial charge < -0.3 is 14.6 Å². The Hall–Kier alpha value is -0.650. The van der Waals surface area contributed by atoms with E-state index in [1.54, 1.807) is 7.11 Å². The lowest BCUT2D eigenvalue weighted by Crippen LogP contribution is -2.35. The van der Waals surface area contributed by atoms with Crippen LogP contribution in [0.25, 0.3) is 0 Å². The zero-order valence-corrected chi connectivity index (χ0v) is 12.2. The monoisotopic (exact) mass is 273 g/mol. The van der Waals surface area contributed by atoms with Gasteiger partial charge in [0.1, 0.15) is 0 Å². The second-order valence-electron chi connectivity index (χ2n) is 5.32. The number of methoxy groups -OCH3 is 1. The number of hydrogen-bond acceptors (Lipinski definition) is 4. The first kappa shape index (κ1) is 16.4. The average Bonchev–Trinajstić information content (AvgIpc) is 2.79. The lowest BCUT2D eigenvalue weighted by molar-refractivity contribution is -0.148. The topological polar surface area (TPSA) is 59.0 Å². The summed E-state index contributed by atoms with van der Waals surface area (Å²) >= 11 is 0. The summed E-state index contributed by atoms with van der Waals surface area (Å²) in [5.74, 6) is -0.641. The normalized spacial score (nSPS) is 23.9. The van der Waals surface area contributed by atoms with Crippen molar-refractivity contribution < 1.29 is 19.4 Å². The number of likely N-dealkylation sites (tertiary alicyclic amines) is 1. The van der Waals surface area contributed by atoms with Crippen LogP contribution in [0.2, 0.25) is 0 Å². The largest absolute Gasteiger partial charge is 0.481 e. The number of carbonyl (C=O) groups is 1. The highest BCUT2D eigenvalue weighted by Gasteiger charge is 2.43. The van der Waals surface area contributed by atoms with E-state index in [-0.39, 0.29) is 0 Å². The van der Waals surface area contributed by atoms with Gasteiger partial charge in [0.15, 0.2) is 0 Å². The molecule has 0 spiro atoms. The van der Waals surface area contributed by atoms with Gasteiger partial charge >= 0.3 is 5.97 Å². The zero-order valence-electron chi connectivity index (χ0n) is 12.2. The summed E-state index contributed by atoms with van der Waals surface area (Å²) in [5.41, 5.74) is -0.523. The van der Waals surface area contributed by atoms with Crippen LogP contribution < -0.4 is 0 Å². The molecule has 0 saturated carbocycles. The van der Waals surface area contributed by atoms with E-state index in [2.05, 4.69) is 4.90 Å². The Bertz CT molecular complexity index is 272. The first-order valence-corrected chi connectivity index (χ1v) is 7.17. The Morgan fingerprint density at radius 2 is 2.16 bits per heavy atom. The molecular weight excluding hydrogens is 246 g/mol. The summed E-state index contributed by atoms with van der Waals surface area (Å²) < 4.78 is 10.5. The summed E-state index contributed by atoms with van der Waals surface area (Å²) in [5, 5.41) is 9.41. The molecule has 0 amide bonds. The molecule has 1 rings (SSSR count). The molecule has 0 aromatic heterocycles. The van der Waals surface area contributed by atoms with Crippen molar-refractivity contribution in [2.45, 2.75) is 32.6 Å². The van der Waals surface area contributed by atoms with Crippen molar-refractivity contribution in [2.24, 2.45) is 5.41 Å². The van der Waals surface area contributed by atoms with Crippen LogP contribution in [0, 0.1) is 5.41 Å². The molecule has 19 heavy (non-hydrogen) atoms. The number of rotatable bonds is 10. The van der Waals surface area contributed by atoms with E-state index in [9.17, 15) is 9.90 Å². The van der Waals surface area contributed by atoms with Crippen LogP contribution in [0.4, 0.5) is 0 Å². The lowest BCUT2D eigenvalue weighted by Gasteiger charge is -2.24. The van der Waals surface area contributed by atoms with Gasteiger partial charge in [-0.15, -0.1) is 0 Å². The molecule has 1 aliphatic rings. The molecule has 1 saturated heterocycles. The van der Waals surface area contributed by atoms with E-state index in [0.717, 1.165) is 45.4 Å². The Labute approximate surface area is 115 Å². The number of aliphatic carboxylic acids is 1. The van der Waals surface area contributed by atoms with E-state index in [1.807, 2.05) is 6.92 Å². The maximum atomic E-state index is 11.4. The molecule has 0 aromatic rings. The first-order chi connectivity index (χ1) is 9.14. The van der Waals surface area contributed by atoms with Crippen LogP contribution in [0.1, 0.15) is 32.6 Å². The van der Waals surface area contributed by atoms with E-state index >= 15 is 0 Å². The Balaban J connectivity index is 2.21. The molecule has 1 unspecified atom stereocenters. The summed E-state index contributed by atoms with van der Waals surface area (Å²) in [6.07, 6.45) is 3.37. The number of ether oxygens (including phenoxy) is 2. The van der Waals surface area contributed by atoms with Crippen LogP contribution in [0.5, 0.6) is 0 Å². The Morgan fingerprint density at radius 1 is 1.37 bits per heavy atom. The third kappa shape index (κ3) is 5.09. The lowest BCUT2D eigenvalue weighted by atomic mass is 9.83. The smallest absolute Gasteiger partial charge is 0.310 e. The summed E-state index contributed by atoms with van der Waals surface area (Å²) in [4.78, 5) is 13.6. The maximum Gasteiger partial charge on any atom is 0.310 e. The van der Waals surface area contributed by atoms with Gasteiger partial charge in [0, 0.05) is 33.4 Å². The highest BCUT2D eigenvalue weighted by Crippen LogP contribution is 2.35. The standard InChI is InChI=1S/C14H27NO4/c1-3-5-14(13(16)17)6-7-15(12-14)8-11-19-10-4-9-18-2/h3-12H2,1-2H3,(H,16,17). The van der Waals surface area contributed by atoms with Gasteiger partial charge in [-0.1, -0.05) is 13.3 Å². The summed E-state index contributed by atoms with van der Waals surface area (Å²) in [6, 6.07) is 0. The van der Waals surface area contributed by atoms with Crippen molar-refractivity contribution in [2.75, 3.05) is 46.6 Å². The predicted molar refractivity (Wildman–Crippen MR) is 73.3 cm³/mol. The molecule has 1 fully saturated rings. The quantitative estimate of drug-likeness (QED) is 0.613. The molecular formula is C14H27NO4. The van der Waals surface area contributed by atoms with Crippen molar-refractivity contribution >= 4 is 5.97 Å². The Kier molecular flexibility index (Phi) is 7.34. The van der Waals surface area contributed by atoms with Gasteiger partial charge in [-0.3, -0.25) is 9.69 Å². The van der Waals surface area contributed by atoms with Crippen LogP contribution in [-0.4, -0.2) is 62.5 Å². The maximum absolute atomic E-state index is 11.4. The van der Waals surface area contributed by atoms with E-state index in [1.165, 1.54) is 0 Å². The minimum Gasteiger partial charge on any atom is -0.481 e. The highest BCUT2D eigenvalue weighted by molar-refractivity contribution is 5.75. The first-order valence-electron chi connectivity index (χ1n) is 7.17. The molecule has 1 N–H and O–H groups in total. The number of carboxylic acids is 1. The molecule has 0 aromatic carbocycles. The van der Waals surface area contributed by atoms with E-state index in [4.69, 9.17) is 9.47 Å². The molecule has 112 valence electrons. The fourth-order valence-electron chi connectivity index (χ4n) is 2.71. The predicted octanol–water partition coefficient (Wildman–Crippen LogP) is 1.62. The van der Waals surface area contributed by atoms with Crippen molar-refractivity contribution in [3.8, 4) is 0 Å². The average molecular weight is 273 g/mol. The molecule has 0 bridgehead atoms. The van der Waals surface area contributed by atoms with Gasteiger partial charge in [0.05, 0.1) is 12.0 Å². The minimum atomic E-state index is -0.641. The molecule has 5 heteroatoms. The van der Waals surface area contributed by atoms with Crippen molar-refractivity contribution in [1.82, 2.24) is 4.90 Å². The SMILES string of the molecule is CCCC1(C(=O)O)CCN(CCOCCCOC)C1. The third-order valence-corrected chi connectivity index (χ3v) is 3.80. The summed E-state index contributed by atoms with van der Waals surface area (Å²) in [6.45, 7) is 6.51. The van der Waals surface area contributed by atoms with Gasteiger partial charge in [-0.25, -0.2) is 0 Å².